The van der Waals surface area contributed by atoms with Gasteiger partial charge in [0.15, 0.2) is 0 Å². The summed E-state index contributed by atoms with van der Waals surface area (Å²) in [5.74, 6) is -7.26. The summed E-state index contributed by atoms with van der Waals surface area (Å²) in [4.78, 5) is 46.7. The first-order valence-electron chi connectivity index (χ1n) is 6.29. The van der Waals surface area contributed by atoms with Gasteiger partial charge in [-0.25, -0.2) is 8.78 Å². The van der Waals surface area contributed by atoms with Gasteiger partial charge in [-0.2, -0.15) is 0 Å². The molecule has 23 heavy (non-hydrogen) atoms. The van der Waals surface area contributed by atoms with Gasteiger partial charge in [-0.05, 0) is 0 Å². The maximum atomic E-state index is 14.2. The molecule has 11 heteroatoms. The average Bonchev–Trinajstić information content (AvgIpc) is 2.44. The van der Waals surface area contributed by atoms with Crippen LogP contribution in [-0.4, -0.2) is 42.2 Å². The monoisotopic (exact) mass is 331 g/mol. The van der Waals surface area contributed by atoms with Gasteiger partial charge in [0.05, 0.1) is 0 Å². The van der Waals surface area contributed by atoms with Gasteiger partial charge < -0.3 is 18.6 Å². The average molecular weight is 331 g/mol. The van der Waals surface area contributed by atoms with Crippen molar-refractivity contribution in [2.45, 2.75) is 24.2 Å². The molecule has 8 nitrogen and oxygen atoms in total. The molecule has 0 amide bonds. The van der Waals surface area contributed by atoms with Crippen LogP contribution in [0.3, 0.4) is 0 Å². The highest BCUT2D eigenvalue weighted by Crippen LogP contribution is 2.36. The molecule has 2 fully saturated rings. The number of hydrogen-bond acceptors (Lipinski definition) is 8. The molecular weight excluding hydrogens is 321 g/mol. The van der Waals surface area contributed by atoms with E-state index in [0.29, 0.717) is 0 Å². The minimum Gasteiger partial charge on any atom is -0.582 e. The standard InChI is InChI=1S/C12H10BF2O8/c1-3-5-11(14)7(16)20-13(21-8(11)17)22-9(18)12(15,6-4-2)10(19)23-13/h3-4H,1-2,5-6H2/q-1. The Balaban J connectivity index is 2.30. The zero-order valence-corrected chi connectivity index (χ0v) is 11.6. The number of allylic oxidation sites excluding steroid dienone is 2. The molecule has 0 aromatic heterocycles. The molecule has 1 spiro atoms. The number of halogens is 2. The van der Waals surface area contributed by atoms with Crippen LogP contribution in [-0.2, 0) is 37.8 Å². The molecule has 2 heterocycles. The molecule has 0 saturated carbocycles. The lowest BCUT2D eigenvalue weighted by Gasteiger charge is -2.48. The van der Waals surface area contributed by atoms with E-state index in [1.807, 2.05) is 0 Å². The number of rotatable bonds is 4. The summed E-state index contributed by atoms with van der Waals surface area (Å²) >= 11 is 0. The molecule has 0 unspecified atom stereocenters. The van der Waals surface area contributed by atoms with Crippen LogP contribution in [0.15, 0.2) is 25.3 Å². The van der Waals surface area contributed by atoms with E-state index in [9.17, 15) is 28.0 Å². The molecule has 0 radical (unpaired) electrons. The third kappa shape index (κ3) is 2.37. The molecule has 0 aliphatic carbocycles. The minimum atomic E-state index is -4.06. The predicted molar refractivity (Wildman–Crippen MR) is 67.4 cm³/mol. The fourth-order valence-corrected chi connectivity index (χ4v) is 1.94. The zero-order valence-electron chi connectivity index (χ0n) is 11.6. The molecule has 2 rings (SSSR count). The van der Waals surface area contributed by atoms with E-state index in [4.69, 9.17) is 0 Å². The summed E-state index contributed by atoms with van der Waals surface area (Å²) in [6.07, 6.45) is 0.233. The van der Waals surface area contributed by atoms with E-state index in [1.54, 1.807) is 0 Å². The summed E-state index contributed by atoms with van der Waals surface area (Å²) in [5, 5.41) is 0. The van der Waals surface area contributed by atoms with Gasteiger partial charge in [-0.15, -0.1) is 13.2 Å². The highest BCUT2D eigenvalue weighted by molar-refractivity contribution is 6.64. The third-order valence-electron chi connectivity index (χ3n) is 3.15. The van der Waals surface area contributed by atoms with Crippen LogP contribution in [0.25, 0.3) is 0 Å². The first-order valence-corrected chi connectivity index (χ1v) is 6.29. The van der Waals surface area contributed by atoms with Crippen molar-refractivity contribution in [1.29, 1.82) is 0 Å². The summed E-state index contributed by atoms with van der Waals surface area (Å²) in [6, 6.07) is 0. The fraction of sp³-hybridized carbons (Fsp3) is 0.333. The smallest absolute Gasteiger partial charge is 0.582 e. The van der Waals surface area contributed by atoms with Gasteiger partial charge in [-0.1, -0.05) is 12.2 Å². The second-order valence-corrected chi connectivity index (χ2v) is 4.79. The van der Waals surface area contributed by atoms with E-state index < -0.39 is 55.0 Å². The summed E-state index contributed by atoms with van der Waals surface area (Å²) < 4.78 is 45.8. The summed E-state index contributed by atoms with van der Waals surface area (Å²) in [5.41, 5.74) is -6.47. The molecule has 0 N–H and O–H groups in total. The Morgan fingerprint density at radius 3 is 1.26 bits per heavy atom. The predicted octanol–water partition coefficient (Wildman–Crippen LogP) is 0.191. The molecule has 0 aromatic rings. The Kier molecular flexibility index (Phi) is 3.75. The highest BCUT2D eigenvalue weighted by atomic mass is 19.1. The van der Waals surface area contributed by atoms with Crippen molar-refractivity contribution >= 4 is 30.8 Å². The SMILES string of the molecule is C=CCC1(F)C(=O)O[B-]2(OC1=O)OC(=O)C(F)(CC=C)C(=O)O2. The number of alkyl halides is 2. The van der Waals surface area contributed by atoms with E-state index in [1.165, 1.54) is 0 Å². The maximum Gasteiger partial charge on any atom is 0.784 e. The van der Waals surface area contributed by atoms with Crippen molar-refractivity contribution in [2.24, 2.45) is 0 Å². The van der Waals surface area contributed by atoms with Crippen molar-refractivity contribution in [2.75, 3.05) is 0 Å². The molecule has 2 saturated heterocycles. The van der Waals surface area contributed by atoms with Crippen molar-refractivity contribution in [3.63, 3.8) is 0 Å². The van der Waals surface area contributed by atoms with E-state index >= 15 is 0 Å². The van der Waals surface area contributed by atoms with Crippen molar-refractivity contribution in [3.05, 3.63) is 25.3 Å². The Morgan fingerprint density at radius 2 is 1.04 bits per heavy atom. The van der Waals surface area contributed by atoms with Crippen LogP contribution in [0.1, 0.15) is 12.8 Å². The Bertz CT molecular complexity index is 537. The molecule has 2 aliphatic heterocycles. The molecule has 0 bridgehead atoms. The van der Waals surface area contributed by atoms with E-state index in [0.717, 1.165) is 12.2 Å². The minimum absolute atomic E-state index is 0.789. The summed E-state index contributed by atoms with van der Waals surface area (Å²) in [6.45, 7) is 2.25. The second kappa shape index (κ2) is 5.18. The van der Waals surface area contributed by atoms with Gasteiger partial charge >= 0.3 is 30.8 Å². The van der Waals surface area contributed by atoms with Crippen molar-refractivity contribution in [3.8, 4) is 0 Å². The first kappa shape index (κ1) is 16.7. The lowest BCUT2D eigenvalue weighted by molar-refractivity contribution is -0.200. The van der Waals surface area contributed by atoms with Crippen LogP contribution in [0.4, 0.5) is 8.78 Å². The van der Waals surface area contributed by atoms with Gasteiger partial charge in [0.1, 0.15) is 0 Å². The van der Waals surface area contributed by atoms with E-state index in [2.05, 4.69) is 31.8 Å². The number of carbonyl (C=O) groups is 4. The van der Waals surface area contributed by atoms with Crippen LogP contribution in [0.5, 0.6) is 0 Å². The van der Waals surface area contributed by atoms with Gasteiger partial charge in [0, 0.05) is 12.8 Å². The molecule has 2 aliphatic rings. The molecular formula is C12H10BF2O8-. The highest BCUT2D eigenvalue weighted by Gasteiger charge is 2.67. The fourth-order valence-electron chi connectivity index (χ4n) is 1.94. The summed E-state index contributed by atoms with van der Waals surface area (Å²) in [7, 11) is 0. The second-order valence-electron chi connectivity index (χ2n) is 4.79. The van der Waals surface area contributed by atoms with Gasteiger partial charge in [-0.3, -0.25) is 19.2 Å². The largest absolute Gasteiger partial charge is 0.784 e. The van der Waals surface area contributed by atoms with E-state index in [-0.39, 0.29) is 0 Å². The lowest BCUT2D eigenvalue weighted by atomic mass is 9.90. The molecule has 0 aromatic carbocycles. The third-order valence-corrected chi connectivity index (χ3v) is 3.15. The van der Waals surface area contributed by atoms with Crippen LogP contribution < -0.4 is 0 Å². The van der Waals surface area contributed by atoms with Crippen LogP contribution >= 0.6 is 0 Å². The van der Waals surface area contributed by atoms with Gasteiger partial charge in [0.2, 0.25) is 0 Å². The van der Waals surface area contributed by atoms with Crippen LogP contribution in [0.2, 0.25) is 0 Å². The normalized spacial score (nSPS) is 36.6. The Labute approximate surface area is 128 Å². The molecule has 124 valence electrons. The van der Waals surface area contributed by atoms with Crippen molar-refractivity contribution in [1.82, 2.24) is 0 Å². The Morgan fingerprint density at radius 1 is 0.783 bits per heavy atom. The lowest BCUT2D eigenvalue weighted by Crippen LogP contribution is -2.70. The van der Waals surface area contributed by atoms with Crippen molar-refractivity contribution < 1.29 is 46.6 Å². The molecule has 0 atom stereocenters. The number of hydrogen-bond donors (Lipinski definition) is 0. The topological polar surface area (TPSA) is 105 Å². The Hall–Kier alpha value is -2.72. The van der Waals surface area contributed by atoms with Gasteiger partial charge in [0.25, 0.3) is 11.3 Å². The quantitative estimate of drug-likeness (QED) is 0.408. The maximum absolute atomic E-state index is 14.2. The zero-order chi connectivity index (χ0) is 17.5. The first-order chi connectivity index (χ1) is 10.6. The number of carbonyl (C=O) groups excluding carboxylic acids is 4. The van der Waals surface area contributed by atoms with Crippen LogP contribution in [0, 0.1) is 0 Å².